The highest BCUT2D eigenvalue weighted by Gasteiger charge is 2.18. The van der Waals surface area contributed by atoms with Crippen LogP contribution < -0.4 is 15.4 Å². The fourth-order valence-corrected chi connectivity index (χ4v) is 3.16. The van der Waals surface area contributed by atoms with Gasteiger partial charge in [0.1, 0.15) is 0 Å². The molecular weight excluding hydrogens is 354 g/mol. The fourth-order valence-electron chi connectivity index (χ4n) is 2.26. The van der Waals surface area contributed by atoms with Crippen LogP contribution in [0.3, 0.4) is 0 Å². The van der Waals surface area contributed by atoms with Crippen molar-refractivity contribution in [3.8, 4) is 5.75 Å². The lowest BCUT2D eigenvalue weighted by molar-refractivity contribution is -0.0499. The Bertz CT molecular complexity index is 454. The van der Waals surface area contributed by atoms with Crippen molar-refractivity contribution in [2.75, 3.05) is 18.4 Å². The Kier molecular flexibility index (Phi) is 5.86. The van der Waals surface area contributed by atoms with Crippen LogP contribution in [0.5, 0.6) is 5.75 Å². The summed E-state index contributed by atoms with van der Waals surface area (Å²) in [6, 6.07) is 3.37. The van der Waals surface area contributed by atoms with Crippen molar-refractivity contribution in [2.24, 2.45) is 0 Å². The highest BCUT2D eigenvalue weighted by atomic mass is 79.9. The standard InChI is InChI=1S/C13H16BrClF2N2O/c14-10-6-8(15)7-11(12(10)20-13(16)17)19-9-2-1-4-18-5-3-9/h6-7,9,13,18-19H,1-5H2. The van der Waals surface area contributed by atoms with Gasteiger partial charge in [-0.3, -0.25) is 0 Å². The van der Waals surface area contributed by atoms with Crippen LogP contribution in [0.1, 0.15) is 19.3 Å². The first-order valence-corrected chi connectivity index (χ1v) is 7.64. The molecule has 0 aliphatic carbocycles. The maximum Gasteiger partial charge on any atom is 0.387 e. The van der Waals surface area contributed by atoms with E-state index in [1.54, 1.807) is 12.1 Å². The van der Waals surface area contributed by atoms with E-state index in [0.29, 0.717) is 15.2 Å². The second kappa shape index (κ2) is 7.43. The second-order valence-electron chi connectivity index (χ2n) is 4.66. The highest BCUT2D eigenvalue weighted by molar-refractivity contribution is 9.10. The lowest BCUT2D eigenvalue weighted by Crippen LogP contribution is -2.22. The largest absolute Gasteiger partial charge is 0.431 e. The van der Waals surface area contributed by atoms with E-state index < -0.39 is 6.61 Å². The summed E-state index contributed by atoms with van der Waals surface area (Å²) in [5.41, 5.74) is 0.497. The molecule has 1 aromatic carbocycles. The quantitative estimate of drug-likeness (QED) is 0.832. The van der Waals surface area contributed by atoms with E-state index in [1.807, 2.05) is 0 Å². The van der Waals surface area contributed by atoms with E-state index in [2.05, 4.69) is 31.3 Å². The molecule has 0 saturated carbocycles. The molecular formula is C13H16BrClF2N2O. The number of anilines is 1. The van der Waals surface area contributed by atoms with E-state index in [1.165, 1.54) is 0 Å². The Balaban J connectivity index is 2.19. The number of benzene rings is 1. The Morgan fingerprint density at radius 3 is 2.90 bits per heavy atom. The van der Waals surface area contributed by atoms with E-state index in [0.717, 1.165) is 32.4 Å². The topological polar surface area (TPSA) is 33.3 Å². The zero-order valence-corrected chi connectivity index (χ0v) is 13.1. The summed E-state index contributed by atoms with van der Waals surface area (Å²) in [6.07, 6.45) is 2.95. The summed E-state index contributed by atoms with van der Waals surface area (Å²) in [4.78, 5) is 0. The number of alkyl halides is 2. The average molecular weight is 370 g/mol. The molecule has 20 heavy (non-hydrogen) atoms. The van der Waals surface area contributed by atoms with E-state index in [4.69, 9.17) is 11.6 Å². The molecule has 0 bridgehead atoms. The molecule has 1 aliphatic heterocycles. The van der Waals surface area contributed by atoms with E-state index >= 15 is 0 Å². The molecule has 0 amide bonds. The maximum absolute atomic E-state index is 12.5. The first kappa shape index (κ1) is 15.8. The summed E-state index contributed by atoms with van der Waals surface area (Å²) < 4.78 is 30.0. The molecule has 112 valence electrons. The molecule has 0 aromatic heterocycles. The summed E-state index contributed by atoms with van der Waals surface area (Å²) >= 11 is 9.19. The van der Waals surface area contributed by atoms with Crippen molar-refractivity contribution in [3.05, 3.63) is 21.6 Å². The Morgan fingerprint density at radius 2 is 2.15 bits per heavy atom. The molecule has 2 rings (SSSR count). The predicted octanol–water partition coefficient (Wildman–Crippen LogP) is 4.26. The highest BCUT2D eigenvalue weighted by Crippen LogP contribution is 2.38. The number of nitrogens with one attached hydrogen (secondary N) is 2. The van der Waals surface area contributed by atoms with Crippen LogP contribution in [0, 0.1) is 0 Å². The van der Waals surface area contributed by atoms with Crippen LogP contribution in [0.2, 0.25) is 5.02 Å². The van der Waals surface area contributed by atoms with Crippen LogP contribution in [0.15, 0.2) is 16.6 Å². The molecule has 7 heteroatoms. The molecule has 1 fully saturated rings. The lowest BCUT2D eigenvalue weighted by Gasteiger charge is -2.21. The van der Waals surface area contributed by atoms with E-state index in [9.17, 15) is 8.78 Å². The van der Waals surface area contributed by atoms with Crippen molar-refractivity contribution in [1.29, 1.82) is 0 Å². The van der Waals surface area contributed by atoms with Crippen LogP contribution in [0.25, 0.3) is 0 Å². The van der Waals surface area contributed by atoms with Crippen LogP contribution in [-0.2, 0) is 0 Å². The normalized spacial score (nSPS) is 19.8. The molecule has 0 spiro atoms. The molecule has 3 nitrogen and oxygen atoms in total. The predicted molar refractivity (Wildman–Crippen MR) is 79.9 cm³/mol. The van der Waals surface area contributed by atoms with Gasteiger partial charge in [0.25, 0.3) is 0 Å². The Labute approximate surface area is 130 Å². The van der Waals surface area contributed by atoms with Crippen molar-refractivity contribution in [2.45, 2.75) is 31.9 Å². The van der Waals surface area contributed by atoms with Crippen LogP contribution in [0.4, 0.5) is 14.5 Å². The number of rotatable bonds is 4. The van der Waals surface area contributed by atoms with Crippen molar-refractivity contribution in [3.63, 3.8) is 0 Å². The fraction of sp³-hybridized carbons (Fsp3) is 0.538. The van der Waals surface area contributed by atoms with Gasteiger partial charge in [-0.1, -0.05) is 11.6 Å². The van der Waals surface area contributed by atoms with Gasteiger partial charge in [-0.2, -0.15) is 8.78 Å². The van der Waals surface area contributed by atoms with Crippen molar-refractivity contribution < 1.29 is 13.5 Å². The molecule has 1 aliphatic rings. The molecule has 1 unspecified atom stereocenters. The summed E-state index contributed by atoms with van der Waals surface area (Å²) in [6.45, 7) is -0.980. The van der Waals surface area contributed by atoms with Crippen LogP contribution in [-0.4, -0.2) is 25.7 Å². The second-order valence-corrected chi connectivity index (χ2v) is 5.96. The monoisotopic (exact) mass is 368 g/mol. The third-order valence-corrected chi connectivity index (χ3v) is 3.96. The smallest absolute Gasteiger partial charge is 0.387 e. The van der Waals surface area contributed by atoms with Gasteiger partial charge in [-0.15, -0.1) is 0 Å². The summed E-state index contributed by atoms with van der Waals surface area (Å²) in [5.74, 6) is 0.0987. The molecule has 1 heterocycles. The van der Waals surface area contributed by atoms with Crippen molar-refractivity contribution in [1.82, 2.24) is 5.32 Å². The molecule has 1 saturated heterocycles. The number of hydrogen-bond donors (Lipinski definition) is 2. The summed E-state index contributed by atoms with van der Waals surface area (Å²) in [5, 5.41) is 7.04. The first-order valence-electron chi connectivity index (χ1n) is 6.47. The van der Waals surface area contributed by atoms with Gasteiger partial charge in [0.2, 0.25) is 0 Å². The van der Waals surface area contributed by atoms with Gasteiger partial charge in [-0.25, -0.2) is 0 Å². The number of ether oxygens (including phenoxy) is 1. The third-order valence-electron chi connectivity index (χ3n) is 3.15. The minimum Gasteiger partial charge on any atom is -0.431 e. The zero-order chi connectivity index (χ0) is 14.5. The Morgan fingerprint density at radius 1 is 1.35 bits per heavy atom. The molecule has 0 radical (unpaired) electrons. The number of halogens is 4. The van der Waals surface area contributed by atoms with Gasteiger partial charge < -0.3 is 15.4 Å². The maximum atomic E-state index is 12.5. The lowest BCUT2D eigenvalue weighted by atomic mass is 10.1. The van der Waals surface area contributed by atoms with Crippen molar-refractivity contribution >= 4 is 33.2 Å². The van der Waals surface area contributed by atoms with Crippen LogP contribution >= 0.6 is 27.5 Å². The van der Waals surface area contributed by atoms with E-state index in [-0.39, 0.29) is 11.8 Å². The summed E-state index contributed by atoms with van der Waals surface area (Å²) in [7, 11) is 0. The van der Waals surface area contributed by atoms with Gasteiger partial charge in [0.05, 0.1) is 10.2 Å². The first-order chi connectivity index (χ1) is 9.56. The molecule has 2 N–H and O–H groups in total. The molecule has 1 atom stereocenters. The SMILES string of the molecule is FC(F)Oc1c(Br)cc(Cl)cc1NC1CCCNCC1. The minimum atomic E-state index is -2.87. The number of hydrogen-bond acceptors (Lipinski definition) is 3. The zero-order valence-electron chi connectivity index (χ0n) is 10.8. The minimum absolute atomic E-state index is 0.0987. The molecule has 1 aromatic rings. The van der Waals surface area contributed by atoms with Gasteiger partial charge in [0, 0.05) is 11.1 Å². The van der Waals surface area contributed by atoms with Gasteiger partial charge >= 0.3 is 6.61 Å². The average Bonchev–Trinajstić information content (AvgIpc) is 2.62. The Hall–Kier alpha value is -0.590. The van der Waals surface area contributed by atoms with Gasteiger partial charge in [0.15, 0.2) is 5.75 Å². The third kappa shape index (κ3) is 4.46. The van der Waals surface area contributed by atoms with Gasteiger partial charge in [-0.05, 0) is 60.4 Å².